The minimum absolute atomic E-state index is 0.120. The van der Waals surface area contributed by atoms with E-state index in [4.69, 9.17) is 9.47 Å². The number of hydrogen-bond donors (Lipinski definition) is 0. The van der Waals surface area contributed by atoms with Crippen molar-refractivity contribution in [2.75, 3.05) is 0 Å². The number of rotatable bonds is 2. The SMILES string of the molecule is CC1OC1(C)CC1OC1(C)C. The Kier molecular flexibility index (Phi) is 1.24. The summed E-state index contributed by atoms with van der Waals surface area (Å²) in [5.74, 6) is 0. The number of ether oxygens (including phenoxy) is 2. The van der Waals surface area contributed by atoms with E-state index in [0.717, 1.165) is 6.42 Å². The van der Waals surface area contributed by atoms with E-state index < -0.39 is 0 Å². The summed E-state index contributed by atoms with van der Waals surface area (Å²) in [5, 5.41) is 0. The minimum Gasteiger partial charge on any atom is -0.367 e. The third kappa shape index (κ3) is 1.18. The second kappa shape index (κ2) is 1.80. The van der Waals surface area contributed by atoms with E-state index in [1.165, 1.54) is 0 Å². The van der Waals surface area contributed by atoms with Crippen LogP contribution in [0.25, 0.3) is 0 Å². The van der Waals surface area contributed by atoms with Gasteiger partial charge >= 0.3 is 0 Å². The Morgan fingerprint density at radius 3 is 1.91 bits per heavy atom. The van der Waals surface area contributed by atoms with Crippen LogP contribution in [0.3, 0.4) is 0 Å². The molecule has 2 aliphatic heterocycles. The van der Waals surface area contributed by atoms with Crippen LogP contribution in [0.2, 0.25) is 0 Å². The summed E-state index contributed by atoms with van der Waals surface area (Å²) in [6.45, 7) is 8.55. The first-order valence-corrected chi connectivity index (χ1v) is 4.30. The maximum absolute atomic E-state index is 5.49. The van der Waals surface area contributed by atoms with Gasteiger partial charge in [-0.1, -0.05) is 0 Å². The smallest absolute Gasteiger partial charge is 0.0943 e. The Morgan fingerprint density at radius 1 is 1.18 bits per heavy atom. The van der Waals surface area contributed by atoms with E-state index >= 15 is 0 Å². The predicted molar refractivity (Wildman–Crippen MR) is 42.5 cm³/mol. The third-order valence-corrected chi connectivity index (χ3v) is 3.00. The molecule has 0 aromatic carbocycles. The lowest BCUT2D eigenvalue weighted by Crippen LogP contribution is -2.15. The van der Waals surface area contributed by atoms with Gasteiger partial charge in [-0.3, -0.25) is 0 Å². The average Bonchev–Trinajstić information content (AvgIpc) is 2.55. The van der Waals surface area contributed by atoms with Gasteiger partial charge in [-0.15, -0.1) is 0 Å². The van der Waals surface area contributed by atoms with Gasteiger partial charge in [0.2, 0.25) is 0 Å². The fourth-order valence-corrected chi connectivity index (χ4v) is 1.57. The van der Waals surface area contributed by atoms with Crippen molar-refractivity contribution < 1.29 is 9.47 Å². The highest BCUT2D eigenvalue weighted by Crippen LogP contribution is 2.48. The molecule has 11 heavy (non-hydrogen) atoms. The van der Waals surface area contributed by atoms with Gasteiger partial charge in [-0.25, -0.2) is 0 Å². The van der Waals surface area contributed by atoms with Crippen LogP contribution in [-0.2, 0) is 9.47 Å². The highest BCUT2D eigenvalue weighted by Gasteiger charge is 2.58. The topological polar surface area (TPSA) is 25.1 Å². The second-order valence-electron chi connectivity index (χ2n) is 4.49. The maximum atomic E-state index is 5.49. The molecule has 0 amide bonds. The van der Waals surface area contributed by atoms with Crippen LogP contribution < -0.4 is 0 Å². The lowest BCUT2D eigenvalue weighted by Gasteiger charge is -2.02. The summed E-state index contributed by atoms with van der Waals surface area (Å²) >= 11 is 0. The Bertz CT molecular complexity index is 188. The average molecular weight is 156 g/mol. The molecule has 2 nitrogen and oxygen atoms in total. The van der Waals surface area contributed by atoms with Gasteiger partial charge in [0.15, 0.2) is 0 Å². The van der Waals surface area contributed by atoms with Crippen LogP contribution in [0.4, 0.5) is 0 Å². The lowest BCUT2D eigenvalue weighted by atomic mass is 9.97. The molecule has 0 bridgehead atoms. The van der Waals surface area contributed by atoms with Crippen molar-refractivity contribution in [3.8, 4) is 0 Å². The van der Waals surface area contributed by atoms with Gasteiger partial charge in [0, 0.05) is 6.42 Å². The molecule has 2 aliphatic rings. The van der Waals surface area contributed by atoms with Crippen LogP contribution in [0.1, 0.15) is 34.1 Å². The number of epoxide rings is 2. The fourth-order valence-electron chi connectivity index (χ4n) is 1.57. The molecule has 0 saturated carbocycles. The van der Waals surface area contributed by atoms with Gasteiger partial charge < -0.3 is 9.47 Å². The Labute approximate surface area is 67.9 Å². The normalized spacial score (nSPS) is 52.4. The van der Waals surface area contributed by atoms with Crippen LogP contribution in [0.15, 0.2) is 0 Å². The fraction of sp³-hybridized carbons (Fsp3) is 1.00. The standard InChI is InChI=1S/C9H16O2/c1-6-9(4,10-6)5-7-8(2,3)11-7/h6-7H,5H2,1-4H3. The van der Waals surface area contributed by atoms with Crippen molar-refractivity contribution in [3.05, 3.63) is 0 Å². The zero-order valence-corrected chi connectivity index (χ0v) is 7.68. The van der Waals surface area contributed by atoms with Crippen LogP contribution in [0, 0.1) is 0 Å². The van der Waals surface area contributed by atoms with Gasteiger partial charge in [0.05, 0.1) is 23.4 Å². The van der Waals surface area contributed by atoms with Crippen molar-refractivity contribution in [3.63, 3.8) is 0 Å². The molecule has 2 heteroatoms. The van der Waals surface area contributed by atoms with Gasteiger partial charge in [-0.05, 0) is 27.7 Å². The van der Waals surface area contributed by atoms with E-state index in [1.54, 1.807) is 0 Å². The molecule has 0 aromatic rings. The summed E-state index contributed by atoms with van der Waals surface area (Å²) in [6, 6.07) is 0. The molecule has 2 rings (SSSR count). The zero-order chi connectivity index (χ0) is 8.28. The van der Waals surface area contributed by atoms with E-state index in [0.29, 0.717) is 12.2 Å². The summed E-state index contributed by atoms with van der Waals surface area (Å²) < 4.78 is 11.0. The molecule has 2 heterocycles. The molecule has 0 N–H and O–H groups in total. The van der Waals surface area contributed by atoms with Crippen LogP contribution in [0.5, 0.6) is 0 Å². The second-order valence-corrected chi connectivity index (χ2v) is 4.49. The first kappa shape index (κ1) is 7.56. The van der Waals surface area contributed by atoms with Crippen LogP contribution >= 0.6 is 0 Å². The molecule has 64 valence electrons. The molecule has 0 spiro atoms. The van der Waals surface area contributed by atoms with E-state index in [-0.39, 0.29) is 11.2 Å². The predicted octanol–water partition coefficient (Wildman–Crippen LogP) is 1.73. The monoisotopic (exact) mass is 156 g/mol. The lowest BCUT2D eigenvalue weighted by molar-refractivity contribution is 0.265. The van der Waals surface area contributed by atoms with E-state index in [1.807, 2.05) is 0 Å². The number of hydrogen-bond acceptors (Lipinski definition) is 2. The molecule has 0 aromatic heterocycles. The van der Waals surface area contributed by atoms with Gasteiger partial charge in [-0.2, -0.15) is 0 Å². The zero-order valence-electron chi connectivity index (χ0n) is 7.68. The van der Waals surface area contributed by atoms with Crippen molar-refractivity contribution in [1.29, 1.82) is 0 Å². The Balaban J connectivity index is 1.85. The molecule has 0 radical (unpaired) electrons. The van der Waals surface area contributed by atoms with E-state index in [2.05, 4.69) is 27.7 Å². The summed E-state index contributed by atoms with van der Waals surface area (Å²) in [7, 11) is 0. The molecular formula is C9H16O2. The largest absolute Gasteiger partial charge is 0.367 e. The molecule has 3 atom stereocenters. The highest BCUT2D eigenvalue weighted by atomic mass is 16.6. The quantitative estimate of drug-likeness (QED) is 0.569. The van der Waals surface area contributed by atoms with Crippen molar-refractivity contribution in [2.45, 2.75) is 57.5 Å². The molecular weight excluding hydrogens is 140 g/mol. The summed E-state index contributed by atoms with van der Waals surface area (Å²) in [4.78, 5) is 0. The van der Waals surface area contributed by atoms with Gasteiger partial charge in [0.1, 0.15) is 0 Å². The van der Waals surface area contributed by atoms with Gasteiger partial charge in [0.25, 0.3) is 0 Å². The van der Waals surface area contributed by atoms with E-state index in [9.17, 15) is 0 Å². The van der Waals surface area contributed by atoms with Crippen LogP contribution in [-0.4, -0.2) is 23.4 Å². The minimum atomic E-state index is 0.120. The van der Waals surface area contributed by atoms with Crippen molar-refractivity contribution in [2.24, 2.45) is 0 Å². The first-order valence-electron chi connectivity index (χ1n) is 4.30. The summed E-state index contributed by atoms with van der Waals surface area (Å²) in [6.07, 6.45) is 1.92. The van der Waals surface area contributed by atoms with Crippen molar-refractivity contribution >= 4 is 0 Å². The maximum Gasteiger partial charge on any atom is 0.0943 e. The Hall–Kier alpha value is -0.0800. The summed E-state index contributed by atoms with van der Waals surface area (Å²) in [5.41, 5.74) is 0.243. The molecule has 0 aliphatic carbocycles. The third-order valence-electron chi connectivity index (χ3n) is 3.00. The highest BCUT2D eigenvalue weighted by molar-refractivity contribution is 5.06. The Morgan fingerprint density at radius 2 is 1.64 bits per heavy atom. The molecule has 2 saturated heterocycles. The molecule has 3 unspecified atom stereocenters. The molecule has 2 fully saturated rings. The van der Waals surface area contributed by atoms with Crippen molar-refractivity contribution in [1.82, 2.24) is 0 Å². The first-order chi connectivity index (χ1) is 4.94.